The van der Waals surface area contributed by atoms with Gasteiger partial charge >= 0.3 is 0 Å². The number of aryl methyl sites for hydroxylation is 1. The molecule has 5 rings (SSSR count). The molecule has 32 heavy (non-hydrogen) atoms. The van der Waals surface area contributed by atoms with Crippen molar-refractivity contribution < 1.29 is 18.6 Å². The average molecular weight is 449 g/mol. The molecule has 0 aliphatic carbocycles. The molecule has 0 atom stereocenters. The van der Waals surface area contributed by atoms with Gasteiger partial charge in [0.05, 0.1) is 10.9 Å². The van der Waals surface area contributed by atoms with Crippen LogP contribution >= 0.6 is 11.6 Å². The molecule has 0 radical (unpaired) electrons. The summed E-state index contributed by atoms with van der Waals surface area (Å²) in [7, 11) is 0. The van der Waals surface area contributed by atoms with E-state index >= 15 is 0 Å². The summed E-state index contributed by atoms with van der Waals surface area (Å²) in [5, 5.41) is 1.18. The van der Waals surface area contributed by atoms with Crippen molar-refractivity contribution in [1.29, 1.82) is 0 Å². The second-order valence-electron chi connectivity index (χ2n) is 7.57. The van der Waals surface area contributed by atoms with Crippen LogP contribution in [0.25, 0.3) is 22.1 Å². The van der Waals surface area contributed by atoms with E-state index < -0.39 is 0 Å². The zero-order chi connectivity index (χ0) is 22.1. The molecule has 0 spiro atoms. The van der Waals surface area contributed by atoms with E-state index in [1.807, 2.05) is 55.5 Å². The summed E-state index contributed by atoms with van der Waals surface area (Å²) in [6, 6.07) is 16.7. The van der Waals surface area contributed by atoms with Gasteiger partial charge in [-0.2, -0.15) is 0 Å². The Morgan fingerprint density at radius 1 is 1.00 bits per heavy atom. The fourth-order valence-electron chi connectivity index (χ4n) is 3.81. The molecule has 1 aliphatic rings. The molecular weight excluding hydrogens is 428 g/mol. The van der Waals surface area contributed by atoms with Crippen LogP contribution in [0.15, 0.2) is 70.1 Å². The topological polar surface area (TPSA) is 57.9 Å². The third-order valence-corrected chi connectivity index (χ3v) is 5.71. The van der Waals surface area contributed by atoms with Gasteiger partial charge in [-0.05, 0) is 53.4 Å². The van der Waals surface area contributed by atoms with Crippen molar-refractivity contribution in [2.45, 2.75) is 20.0 Å². The van der Waals surface area contributed by atoms with Gasteiger partial charge in [0.2, 0.25) is 5.43 Å². The lowest BCUT2D eigenvalue weighted by atomic mass is 10.0. The van der Waals surface area contributed by atoms with E-state index in [0.29, 0.717) is 65.0 Å². The molecule has 1 aromatic heterocycles. The lowest BCUT2D eigenvalue weighted by Crippen LogP contribution is -2.15. The molecule has 6 heteroatoms. The Balaban J connectivity index is 1.50. The van der Waals surface area contributed by atoms with Crippen molar-refractivity contribution in [1.82, 2.24) is 0 Å². The van der Waals surface area contributed by atoms with Gasteiger partial charge in [0.15, 0.2) is 11.5 Å². The average Bonchev–Trinajstić information content (AvgIpc) is 2.82. The lowest BCUT2D eigenvalue weighted by molar-refractivity contribution is 0.171. The first-order valence-corrected chi connectivity index (χ1v) is 10.9. The van der Waals surface area contributed by atoms with E-state index in [2.05, 4.69) is 0 Å². The van der Waals surface area contributed by atoms with Gasteiger partial charge in [-0.25, -0.2) is 0 Å². The Morgan fingerprint density at radius 2 is 1.84 bits per heavy atom. The largest absolute Gasteiger partial charge is 0.488 e. The summed E-state index contributed by atoms with van der Waals surface area (Å²) in [5.41, 5.74) is 3.49. The maximum Gasteiger partial charge on any atom is 0.200 e. The van der Waals surface area contributed by atoms with Crippen molar-refractivity contribution >= 4 is 22.6 Å². The highest BCUT2D eigenvalue weighted by atomic mass is 35.5. The Kier molecular flexibility index (Phi) is 5.50. The lowest BCUT2D eigenvalue weighted by Gasteiger charge is -2.18. The van der Waals surface area contributed by atoms with Gasteiger partial charge in [0.25, 0.3) is 0 Å². The third-order valence-electron chi connectivity index (χ3n) is 5.47. The molecule has 0 fully saturated rings. The molecule has 1 aliphatic heterocycles. The molecule has 5 nitrogen and oxygen atoms in total. The fraction of sp³-hybridized carbons (Fsp3) is 0.192. The summed E-state index contributed by atoms with van der Waals surface area (Å²) in [4.78, 5) is 13.3. The van der Waals surface area contributed by atoms with E-state index in [-0.39, 0.29) is 5.43 Å². The van der Waals surface area contributed by atoms with E-state index in [9.17, 15) is 4.79 Å². The number of halogens is 1. The Labute approximate surface area is 190 Å². The fourth-order valence-corrected chi connectivity index (χ4v) is 4.02. The molecule has 3 aromatic carbocycles. The molecule has 0 N–H and O–H groups in total. The van der Waals surface area contributed by atoms with Crippen molar-refractivity contribution in [2.24, 2.45) is 0 Å². The monoisotopic (exact) mass is 448 g/mol. The highest BCUT2D eigenvalue weighted by molar-refractivity contribution is 6.30. The molecular formula is C26H21ClO5. The van der Waals surface area contributed by atoms with Crippen LogP contribution in [0, 0.1) is 0 Å². The van der Waals surface area contributed by atoms with Gasteiger partial charge in [0, 0.05) is 11.1 Å². The van der Waals surface area contributed by atoms with Gasteiger partial charge in [-0.15, -0.1) is 0 Å². The van der Waals surface area contributed by atoms with E-state index in [1.54, 1.807) is 6.07 Å². The van der Waals surface area contributed by atoms with Crippen LogP contribution in [-0.2, 0) is 13.0 Å². The van der Waals surface area contributed by atoms with Crippen LogP contribution in [-0.4, -0.2) is 13.2 Å². The number of fused-ring (bicyclic) bond motifs is 2. The summed E-state index contributed by atoms with van der Waals surface area (Å²) in [6.45, 7) is 3.41. The Hall–Kier alpha value is -3.44. The summed E-state index contributed by atoms with van der Waals surface area (Å²) in [6.07, 6.45) is 2.21. The minimum Gasteiger partial charge on any atom is -0.488 e. The minimum absolute atomic E-state index is 0.0981. The quantitative estimate of drug-likeness (QED) is 0.373. The number of rotatable bonds is 5. The van der Waals surface area contributed by atoms with Crippen molar-refractivity contribution in [3.63, 3.8) is 0 Å². The van der Waals surface area contributed by atoms with E-state index in [4.69, 9.17) is 30.2 Å². The maximum absolute atomic E-state index is 13.3. The smallest absolute Gasteiger partial charge is 0.200 e. The zero-order valence-corrected chi connectivity index (χ0v) is 18.3. The second-order valence-corrected chi connectivity index (χ2v) is 8.00. The van der Waals surface area contributed by atoms with Crippen LogP contribution in [0.3, 0.4) is 0 Å². The van der Waals surface area contributed by atoms with Crippen LogP contribution in [0.2, 0.25) is 5.02 Å². The summed E-state index contributed by atoms with van der Waals surface area (Å²) >= 11 is 6.07. The van der Waals surface area contributed by atoms with Crippen molar-refractivity contribution in [3.8, 4) is 28.4 Å². The second kappa shape index (κ2) is 8.60. The summed E-state index contributed by atoms with van der Waals surface area (Å²) in [5.74, 6) is 2.00. The number of benzene rings is 3. The molecule has 0 saturated heterocycles. The molecule has 162 valence electrons. The van der Waals surface area contributed by atoms with Gasteiger partial charge in [-0.3, -0.25) is 4.79 Å². The third kappa shape index (κ3) is 3.92. The molecule has 0 amide bonds. The number of hydrogen-bond acceptors (Lipinski definition) is 5. The predicted molar refractivity (Wildman–Crippen MR) is 124 cm³/mol. The van der Waals surface area contributed by atoms with Gasteiger partial charge in [0.1, 0.15) is 37.4 Å². The van der Waals surface area contributed by atoms with Crippen molar-refractivity contribution in [3.05, 3.63) is 87.2 Å². The van der Waals surface area contributed by atoms with Crippen LogP contribution in [0.5, 0.6) is 17.2 Å². The first-order chi connectivity index (χ1) is 15.6. The SMILES string of the molecule is CCc1cc2c(=O)c(-c3ccc4c(c3)OCCO4)coc2cc1OCc1cccc(Cl)c1. The van der Waals surface area contributed by atoms with Crippen molar-refractivity contribution in [2.75, 3.05) is 13.2 Å². The molecule has 0 unspecified atom stereocenters. The van der Waals surface area contributed by atoms with Crippen LogP contribution in [0.1, 0.15) is 18.1 Å². The Bertz CT molecular complexity index is 1360. The van der Waals surface area contributed by atoms with Crippen LogP contribution < -0.4 is 19.6 Å². The van der Waals surface area contributed by atoms with E-state index in [0.717, 1.165) is 16.7 Å². The summed E-state index contributed by atoms with van der Waals surface area (Å²) < 4.78 is 23.1. The highest BCUT2D eigenvalue weighted by Crippen LogP contribution is 2.34. The first kappa shape index (κ1) is 20.5. The number of hydrogen-bond donors (Lipinski definition) is 0. The molecule has 0 saturated carbocycles. The van der Waals surface area contributed by atoms with Gasteiger partial charge in [-0.1, -0.05) is 36.7 Å². The van der Waals surface area contributed by atoms with Gasteiger partial charge < -0.3 is 18.6 Å². The number of ether oxygens (including phenoxy) is 3. The predicted octanol–water partition coefficient (Wildman–Crippen LogP) is 6.03. The highest BCUT2D eigenvalue weighted by Gasteiger charge is 2.17. The molecule has 2 heterocycles. The zero-order valence-electron chi connectivity index (χ0n) is 17.5. The van der Waals surface area contributed by atoms with Crippen LogP contribution in [0.4, 0.5) is 0 Å². The normalized spacial score (nSPS) is 12.7. The Morgan fingerprint density at radius 3 is 2.66 bits per heavy atom. The maximum atomic E-state index is 13.3. The molecule has 4 aromatic rings. The first-order valence-electron chi connectivity index (χ1n) is 10.5. The molecule has 0 bridgehead atoms. The standard InChI is InChI=1S/C26H21ClO5/c1-2-17-11-20-24(13-23(17)31-14-16-4-3-5-19(27)10-16)32-15-21(26(20)28)18-6-7-22-25(12-18)30-9-8-29-22/h3-7,10-13,15H,2,8-9,14H2,1H3. The minimum atomic E-state index is -0.0981. The van der Waals surface area contributed by atoms with E-state index in [1.165, 1.54) is 6.26 Å².